The highest BCUT2D eigenvalue weighted by atomic mass is 16.5. The number of ether oxygens (including phenoxy) is 1. The van der Waals surface area contributed by atoms with E-state index in [1.165, 1.54) is 11.1 Å². The molecule has 1 heterocycles. The predicted octanol–water partition coefficient (Wildman–Crippen LogP) is 2.22. The van der Waals surface area contributed by atoms with Crippen LogP contribution in [-0.2, 0) is 22.4 Å². The van der Waals surface area contributed by atoms with Crippen molar-refractivity contribution in [2.45, 2.75) is 53.0 Å². The molecule has 1 aromatic carbocycles. The first-order chi connectivity index (χ1) is 11.2. The maximum absolute atomic E-state index is 12.1. The second-order valence-electron chi connectivity index (χ2n) is 7.61. The minimum Gasteiger partial charge on any atom is -0.493 e. The largest absolute Gasteiger partial charge is 0.493 e. The van der Waals surface area contributed by atoms with Crippen molar-refractivity contribution in [2.75, 3.05) is 13.2 Å². The van der Waals surface area contributed by atoms with Crippen LogP contribution in [0.2, 0.25) is 0 Å². The van der Waals surface area contributed by atoms with E-state index in [-0.39, 0.29) is 17.2 Å². The van der Waals surface area contributed by atoms with Crippen molar-refractivity contribution in [3.63, 3.8) is 0 Å². The Bertz CT molecular complexity index is 605. The summed E-state index contributed by atoms with van der Waals surface area (Å²) < 4.78 is 5.49. The van der Waals surface area contributed by atoms with Crippen LogP contribution in [0, 0.1) is 5.41 Å². The van der Waals surface area contributed by atoms with Crippen molar-refractivity contribution in [1.29, 1.82) is 0 Å². The Morgan fingerprint density at radius 2 is 2.04 bits per heavy atom. The van der Waals surface area contributed by atoms with Gasteiger partial charge in [-0.2, -0.15) is 0 Å². The lowest BCUT2D eigenvalue weighted by Gasteiger charge is -2.20. The minimum atomic E-state index is -0.520. The lowest BCUT2D eigenvalue weighted by atomic mass is 9.92. The molecule has 24 heavy (non-hydrogen) atoms. The molecular weight excluding hydrogens is 304 g/mol. The van der Waals surface area contributed by atoms with Crippen LogP contribution in [-0.4, -0.2) is 31.0 Å². The van der Waals surface area contributed by atoms with Gasteiger partial charge in [0.2, 0.25) is 11.8 Å². The third-order valence-corrected chi connectivity index (χ3v) is 3.93. The summed E-state index contributed by atoms with van der Waals surface area (Å²) in [6, 6.07) is 5.65. The summed E-state index contributed by atoms with van der Waals surface area (Å²) in [7, 11) is 0. The van der Waals surface area contributed by atoms with E-state index in [9.17, 15) is 9.59 Å². The fourth-order valence-electron chi connectivity index (χ4n) is 2.72. The van der Waals surface area contributed by atoms with E-state index in [4.69, 9.17) is 4.74 Å². The van der Waals surface area contributed by atoms with Gasteiger partial charge in [0.1, 0.15) is 11.8 Å². The van der Waals surface area contributed by atoms with Crippen LogP contribution in [0.15, 0.2) is 18.2 Å². The molecule has 2 rings (SSSR count). The first-order valence-electron chi connectivity index (χ1n) is 8.56. The highest BCUT2D eigenvalue weighted by Gasteiger charge is 2.20. The number of hydrogen-bond donors (Lipinski definition) is 2. The van der Waals surface area contributed by atoms with E-state index in [2.05, 4.69) is 16.7 Å². The molecule has 0 fully saturated rings. The van der Waals surface area contributed by atoms with Crippen molar-refractivity contribution >= 4 is 11.8 Å². The number of carbonyl (C=O) groups is 2. The fraction of sp³-hybridized carbons (Fsp3) is 0.579. The number of amides is 2. The lowest BCUT2D eigenvalue weighted by molar-refractivity contribution is -0.129. The molecule has 0 aliphatic carbocycles. The molecule has 1 aliphatic rings. The number of benzene rings is 1. The topological polar surface area (TPSA) is 67.4 Å². The van der Waals surface area contributed by atoms with Crippen LogP contribution >= 0.6 is 0 Å². The van der Waals surface area contributed by atoms with Gasteiger partial charge in [0.05, 0.1) is 6.61 Å². The molecule has 1 atom stereocenters. The van der Waals surface area contributed by atoms with Gasteiger partial charge in [-0.1, -0.05) is 32.9 Å². The van der Waals surface area contributed by atoms with Crippen molar-refractivity contribution in [2.24, 2.45) is 5.41 Å². The number of nitrogens with one attached hydrogen (secondary N) is 2. The van der Waals surface area contributed by atoms with Gasteiger partial charge in [0, 0.05) is 19.4 Å². The quantitative estimate of drug-likeness (QED) is 0.839. The van der Waals surface area contributed by atoms with Crippen LogP contribution in [0.3, 0.4) is 0 Å². The third-order valence-electron chi connectivity index (χ3n) is 3.93. The van der Waals surface area contributed by atoms with Crippen LogP contribution in [0.4, 0.5) is 0 Å². The molecule has 0 saturated carbocycles. The van der Waals surface area contributed by atoms with Gasteiger partial charge < -0.3 is 15.4 Å². The first-order valence-corrected chi connectivity index (χ1v) is 8.56. The van der Waals surface area contributed by atoms with E-state index >= 15 is 0 Å². The summed E-state index contributed by atoms with van der Waals surface area (Å²) in [5.41, 5.74) is 2.34. The Kier molecular flexibility index (Phi) is 5.86. The van der Waals surface area contributed by atoms with Crippen LogP contribution in [0.25, 0.3) is 0 Å². The predicted molar refractivity (Wildman–Crippen MR) is 94.0 cm³/mol. The fourth-order valence-corrected chi connectivity index (χ4v) is 2.72. The second kappa shape index (κ2) is 7.69. The molecule has 0 bridgehead atoms. The Morgan fingerprint density at radius 3 is 2.75 bits per heavy atom. The molecule has 0 radical (unpaired) electrons. The second-order valence-corrected chi connectivity index (χ2v) is 7.61. The molecule has 0 spiro atoms. The van der Waals surface area contributed by atoms with Crippen LogP contribution in [0.5, 0.6) is 5.75 Å². The average molecular weight is 332 g/mol. The van der Waals surface area contributed by atoms with Gasteiger partial charge in [-0.15, -0.1) is 0 Å². The normalized spacial score (nSPS) is 14.5. The molecule has 2 amide bonds. The van der Waals surface area contributed by atoms with Gasteiger partial charge in [-0.05, 0) is 36.0 Å². The van der Waals surface area contributed by atoms with E-state index < -0.39 is 6.04 Å². The monoisotopic (exact) mass is 332 g/mol. The van der Waals surface area contributed by atoms with Gasteiger partial charge >= 0.3 is 0 Å². The molecule has 2 N–H and O–H groups in total. The zero-order valence-electron chi connectivity index (χ0n) is 15.1. The zero-order valence-corrected chi connectivity index (χ0v) is 15.1. The SMILES string of the molecule is C[C@H](NC(=O)CC(C)(C)C)C(=O)NCCc1ccc2c(c1)CCO2. The van der Waals surface area contributed by atoms with Crippen molar-refractivity contribution in [1.82, 2.24) is 10.6 Å². The molecule has 0 aromatic heterocycles. The highest BCUT2D eigenvalue weighted by molar-refractivity contribution is 5.87. The van der Waals surface area contributed by atoms with Crippen molar-refractivity contribution < 1.29 is 14.3 Å². The summed E-state index contributed by atoms with van der Waals surface area (Å²) in [6.45, 7) is 9.01. The van der Waals surface area contributed by atoms with Gasteiger partial charge in [-0.3, -0.25) is 9.59 Å². The number of hydrogen-bond acceptors (Lipinski definition) is 3. The Balaban J connectivity index is 1.73. The summed E-state index contributed by atoms with van der Waals surface area (Å²) in [5.74, 6) is 0.725. The number of carbonyl (C=O) groups excluding carboxylic acids is 2. The average Bonchev–Trinajstić information content (AvgIpc) is 2.92. The zero-order chi connectivity index (χ0) is 17.7. The molecule has 1 aliphatic heterocycles. The van der Waals surface area contributed by atoms with E-state index in [0.717, 1.165) is 25.2 Å². The van der Waals surface area contributed by atoms with Crippen LogP contribution < -0.4 is 15.4 Å². The Hall–Kier alpha value is -2.04. The minimum absolute atomic E-state index is 0.0858. The maximum atomic E-state index is 12.1. The molecule has 0 unspecified atom stereocenters. The number of rotatable bonds is 6. The van der Waals surface area contributed by atoms with Gasteiger partial charge in [0.25, 0.3) is 0 Å². The Morgan fingerprint density at radius 1 is 1.29 bits per heavy atom. The van der Waals surface area contributed by atoms with Gasteiger partial charge in [0.15, 0.2) is 0 Å². The molecule has 0 saturated heterocycles. The van der Waals surface area contributed by atoms with Crippen LogP contribution in [0.1, 0.15) is 45.2 Å². The number of fused-ring (bicyclic) bond motifs is 1. The first kappa shape index (κ1) is 18.3. The summed E-state index contributed by atoms with van der Waals surface area (Å²) in [4.78, 5) is 23.9. The smallest absolute Gasteiger partial charge is 0.242 e. The molecule has 5 nitrogen and oxygen atoms in total. The molecule has 132 valence electrons. The lowest BCUT2D eigenvalue weighted by Crippen LogP contribution is -2.46. The Labute approximate surface area is 144 Å². The third kappa shape index (κ3) is 5.55. The summed E-state index contributed by atoms with van der Waals surface area (Å²) in [5, 5.41) is 5.63. The van der Waals surface area contributed by atoms with E-state index in [1.807, 2.05) is 32.9 Å². The maximum Gasteiger partial charge on any atom is 0.242 e. The van der Waals surface area contributed by atoms with E-state index in [1.54, 1.807) is 6.92 Å². The summed E-state index contributed by atoms with van der Waals surface area (Å²) >= 11 is 0. The summed E-state index contributed by atoms with van der Waals surface area (Å²) in [6.07, 6.45) is 2.12. The van der Waals surface area contributed by atoms with Crippen molar-refractivity contribution in [3.05, 3.63) is 29.3 Å². The highest BCUT2D eigenvalue weighted by Crippen LogP contribution is 2.25. The van der Waals surface area contributed by atoms with E-state index in [0.29, 0.717) is 13.0 Å². The standard InChI is InChI=1S/C19H28N2O3/c1-13(21-17(22)12-19(2,3)4)18(23)20-9-7-14-5-6-16-15(11-14)8-10-24-16/h5-6,11,13H,7-10,12H2,1-4H3,(H,20,23)(H,21,22)/t13-/m0/s1. The van der Waals surface area contributed by atoms with Gasteiger partial charge in [-0.25, -0.2) is 0 Å². The molecule has 1 aromatic rings. The molecule has 5 heteroatoms. The van der Waals surface area contributed by atoms with Crippen molar-refractivity contribution in [3.8, 4) is 5.75 Å². The molecular formula is C19H28N2O3.